The van der Waals surface area contributed by atoms with Crippen molar-refractivity contribution in [3.05, 3.63) is 39.9 Å². The predicted octanol–water partition coefficient (Wildman–Crippen LogP) is 4.00. The van der Waals surface area contributed by atoms with E-state index in [9.17, 15) is 9.59 Å². The normalized spacial score (nSPS) is 21.0. The average Bonchev–Trinajstić information content (AvgIpc) is 3.43. The molecule has 2 aromatic rings. The zero-order valence-corrected chi connectivity index (χ0v) is 17.2. The van der Waals surface area contributed by atoms with Crippen LogP contribution >= 0.6 is 22.9 Å². The van der Waals surface area contributed by atoms with Gasteiger partial charge in [0.1, 0.15) is 5.01 Å². The van der Waals surface area contributed by atoms with Crippen LogP contribution in [0.2, 0.25) is 5.02 Å². The first-order chi connectivity index (χ1) is 13.4. The van der Waals surface area contributed by atoms with Gasteiger partial charge in [-0.1, -0.05) is 35.1 Å². The Labute approximate surface area is 172 Å². The number of hydrogen-bond donors (Lipinski definition) is 0. The Balaban J connectivity index is 1.52. The molecule has 0 N–H and O–H groups in total. The first-order valence-electron chi connectivity index (χ1n) is 9.27. The van der Waals surface area contributed by atoms with Gasteiger partial charge in [0.15, 0.2) is 6.23 Å². The molecule has 1 aromatic carbocycles. The highest BCUT2D eigenvalue weighted by Crippen LogP contribution is 2.43. The molecule has 148 valence electrons. The van der Waals surface area contributed by atoms with E-state index in [1.807, 2.05) is 0 Å². The van der Waals surface area contributed by atoms with E-state index in [0.29, 0.717) is 29.0 Å². The second-order valence-electron chi connectivity index (χ2n) is 7.22. The third-order valence-corrected chi connectivity index (χ3v) is 6.41. The summed E-state index contributed by atoms with van der Waals surface area (Å²) in [5.41, 5.74) is 0.812. The molecule has 7 nitrogen and oxygen atoms in total. The number of carbonyl (C=O) groups is 2. The van der Waals surface area contributed by atoms with Crippen LogP contribution in [0, 0.1) is 0 Å². The maximum atomic E-state index is 12.8. The average molecular weight is 421 g/mol. The number of amides is 2. The molecule has 2 amide bonds. The number of anilines is 1. The molecule has 28 heavy (non-hydrogen) atoms. The van der Waals surface area contributed by atoms with Crippen LogP contribution in [-0.2, 0) is 9.53 Å². The molecule has 2 atom stereocenters. The molecule has 0 bridgehead atoms. The topological polar surface area (TPSA) is 75.6 Å². The van der Waals surface area contributed by atoms with Crippen molar-refractivity contribution in [1.82, 2.24) is 15.1 Å². The smallest absolute Gasteiger partial charge is 0.329 e. The summed E-state index contributed by atoms with van der Waals surface area (Å²) in [6.45, 7) is 2.29. The molecule has 9 heteroatoms. The van der Waals surface area contributed by atoms with Gasteiger partial charge in [-0.3, -0.25) is 4.79 Å². The van der Waals surface area contributed by atoms with Gasteiger partial charge in [0.25, 0.3) is 0 Å². The van der Waals surface area contributed by atoms with Gasteiger partial charge < -0.3 is 9.64 Å². The lowest BCUT2D eigenvalue weighted by Crippen LogP contribution is -2.55. The number of carbonyl (C=O) groups excluding carboxylic acids is 2. The molecule has 2 aliphatic rings. The summed E-state index contributed by atoms with van der Waals surface area (Å²) in [7, 11) is 1.73. The van der Waals surface area contributed by atoms with E-state index >= 15 is 0 Å². The summed E-state index contributed by atoms with van der Waals surface area (Å²) >= 11 is 7.32. The molecule has 0 spiro atoms. The highest BCUT2D eigenvalue weighted by molar-refractivity contribution is 7.15. The number of nitrogens with zero attached hydrogens (tertiary/aromatic N) is 4. The Hall–Kier alpha value is -2.19. The van der Waals surface area contributed by atoms with Crippen molar-refractivity contribution >= 4 is 40.1 Å². The van der Waals surface area contributed by atoms with E-state index in [4.69, 9.17) is 16.3 Å². The largest absolute Gasteiger partial charge is 0.440 e. The fourth-order valence-corrected chi connectivity index (χ4v) is 4.27. The fraction of sp³-hybridized carbons (Fsp3) is 0.474. The Bertz CT molecular complexity index is 884. The molecule has 1 saturated carbocycles. The molecule has 1 aliphatic carbocycles. The number of halogens is 1. The Morgan fingerprint density at radius 1 is 1.25 bits per heavy atom. The van der Waals surface area contributed by atoms with Crippen molar-refractivity contribution in [2.24, 2.45) is 0 Å². The third kappa shape index (κ3) is 3.84. The lowest BCUT2D eigenvalue weighted by atomic mass is 10.0. The van der Waals surface area contributed by atoms with Crippen LogP contribution in [0.15, 0.2) is 24.3 Å². The SMILES string of the molecule is CC(C(=O)OC1CCN(C)C(=O)N1c1nnc(C2CC2)s1)c1ccc(Cl)cc1. The van der Waals surface area contributed by atoms with Gasteiger partial charge in [0, 0.05) is 31.0 Å². The van der Waals surface area contributed by atoms with Crippen molar-refractivity contribution in [3.63, 3.8) is 0 Å². The van der Waals surface area contributed by atoms with E-state index < -0.39 is 12.1 Å². The van der Waals surface area contributed by atoms with E-state index in [0.717, 1.165) is 23.4 Å². The zero-order chi connectivity index (χ0) is 19.8. The fourth-order valence-electron chi connectivity index (χ4n) is 3.10. The van der Waals surface area contributed by atoms with Gasteiger partial charge in [-0.15, -0.1) is 10.2 Å². The number of urea groups is 1. The molecule has 2 heterocycles. The summed E-state index contributed by atoms with van der Waals surface area (Å²) in [5.74, 6) is -0.401. The number of aromatic nitrogens is 2. The quantitative estimate of drug-likeness (QED) is 0.683. The minimum atomic E-state index is -0.689. The van der Waals surface area contributed by atoms with Crippen molar-refractivity contribution in [2.75, 3.05) is 18.5 Å². The third-order valence-electron chi connectivity index (χ3n) is 5.07. The molecule has 4 rings (SSSR count). The number of rotatable bonds is 5. The Morgan fingerprint density at radius 2 is 1.96 bits per heavy atom. The number of esters is 1. The maximum Gasteiger partial charge on any atom is 0.329 e. The molecule has 2 unspecified atom stereocenters. The number of benzene rings is 1. The van der Waals surface area contributed by atoms with Gasteiger partial charge in [-0.2, -0.15) is 0 Å². The highest BCUT2D eigenvalue weighted by Gasteiger charge is 2.39. The Morgan fingerprint density at radius 3 is 2.64 bits per heavy atom. The van der Waals surface area contributed by atoms with Gasteiger partial charge in [0.2, 0.25) is 5.13 Å². The summed E-state index contributed by atoms with van der Waals surface area (Å²) in [5, 5.41) is 10.5. The summed E-state index contributed by atoms with van der Waals surface area (Å²) < 4.78 is 5.75. The first kappa shape index (κ1) is 19.1. The van der Waals surface area contributed by atoms with Gasteiger partial charge in [-0.25, -0.2) is 9.69 Å². The first-order valence-corrected chi connectivity index (χ1v) is 10.5. The van der Waals surface area contributed by atoms with Crippen LogP contribution < -0.4 is 4.90 Å². The van der Waals surface area contributed by atoms with Gasteiger partial charge in [0.05, 0.1) is 5.92 Å². The van der Waals surface area contributed by atoms with Crippen molar-refractivity contribution < 1.29 is 14.3 Å². The lowest BCUT2D eigenvalue weighted by molar-refractivity contribution is -0.151. The standard InChI is InChI=1S/C19H21ClN4O3S/c1-11(12-5-7-14(20)8-6-12)17(25)27-15-9-10-23(2)19(26)24(15)18-22-21-16(28-18)13-3-4-13/h5-8,11,13,15H,3-4,9-10H2,1-2H3. The zero-order valence-electron chi connectivity index (χ0n) is 15.7. The highest BCUT2D eigenvalue weighted by atomic mass is 35.5. The summed E-state index contributed by atoms with van der Waals surface area (Å²) in [6, 6.07) is 6.86. The van der Waals surface area contributed by atoms with Gasteiger partial charge >= 0.3 is 12.0 Å². The van der Waals surface area contributed by atoms with E-state index in [1.165, 1.54) is 16.2 Å². The van der Waals surface area contributed by atoms with Crippen LogP contribution in [0.5, 0.6) is 0 Å². The van der Waals surface area contributed by atoms with Crippen LogP contribution in [0.3, 0.4) is 0 Å². The van der Waals surface area contributed by atoms with Crippen LogP contribution in [0.25, 0.3) is 0 Å². The van der Waals surface area contributed by atoms with Crippen molar-refractivity contribution in [1.29, 1.82) is 0 Å². The second-order valence-corrected chi connectivity index (χ2v) is 8.65. The predicted molar refractivity (Wildman–Crippen MR) is 107 cm³/mol. The molecular weight excluding hydrogens is 400 g/mol. The molecule has 1 saturated heterocycles. The van der Waals surface area contributed by atoms with E-state index in [-0.39, 0.29) is 12.0 Å². The second kappa shape index (κ2) is 7.67. The van der Waals surface area contributed by atoms with E-state index in [2.05, 4.69) is 10.2 Å². The number of hydrogen-bond acceptors (Lipinski definition) is 6. The minimum Gasteiger partial charge on any atom is -0.440 e. The summed E-state index contributed by atoms with van der Waals surface area (Å²) in [4.78, 5) is 28.6. The summed E-state index contributed by atoms with van der Waals surface area (Å²) in [6.07, 6.45) is 2.05. The molecule has 1 aliphatic heterocycles. The monoisotopic (exact) mass is 420 g/mol. The molecule has 0 radical (unpaired) electrons. The van der Waals surface area contributed by atoms with Crippen LogP contribution in [0.4, 0.5) is 9.93 Å². The molecule has 1 aromatic heterocycles. The van der Waals surface area contributed by atoms with Crippen molar-refractivity contribution in [3.8, 4) is 0 Å². The van der Waals surface area contributed by atoms with Crippen molar-refractivity contribution in [2.45, 2.75) is 44.2 Å². The van der Waals surface area contributed by atoms with Crippen LogP contribution in [-0.4, -0.2) is 46.9 Å². The Kier molecular flexibility index (Phi) is 5.25. The van der Waals surface area contributed by atoms with Crippen LogP contribution in [0.1, 0.15) is 48.6 Å². The molecular formula is C19H21ClN4O3S. The maximum absolute atomic E-state index is 12.8. The number of ether oxygens (including phenoxy) is 1. The van der Waals surface area contributed by atoms with Gasteiger partial charge in [-0.05, 0) is 37.5 Å². The lowest BCUT2D eigenvalue weighted by Gasteiger charge is -2.37. The molecule has 2 fully saturated rings. The minimum absolute atomic E-state index is 0.235. The van der Waals surface area contributed by atoms with E-state index in [1.54, 1.807) is 43.1 Å².